The van der Waals surface area contributed by atoms with Crippen molar-refractivity contribution >= 4 is 21.7 Å². The van der Waals surface area contributed by atoms with Crippen molar-refractivity contribution in [2.75, 3.05) is 18.1 Å². The van der Waals surface area contributed by atoms with Gasteiger partial charge < -0.3 is 9.64 Å². The van der Waals surface area contributed by atoms with Crippen LogP contribution in [-0.2, 0) is 30.7 Å². The molecule has 23 heavy (non-hydrogen) atoms. The van der Waals surface area contributed by atoms with Gasteiger partial charge in [0.05, 0.1) is 17.4 Å². The molecule has 2 saturated heterocycles. The summed E-state index contributed by atoms with van der Waals surface area (Å²) in [5.74, 6) is -1.08. The van der Waals surface area contributed by atoms with Gasteiger partial charge >= 0.3 is 5.97 Å². The molecule has 1 aromatic rings. The Balaban J connectivity index is 1.56. The Hall–Kier alpha value is -1.89. The Morgan fingerprint density at radius 2 is 2.00 bits per heavy atom. The number of likely N-dealkylation sites (tertiary alicyclic amines) is 1. The highest BCUT2D eigenvalue weighted by Gasteiger charge is 2.38. The van der Waals surface area contributed by atoms with Gasteiger partial charge in [-0.1, -0.05) is 30.3 Å². The normalized spacial score (nSPS) is 26.4. The summed E-state index contributed by atoms with van der Waals surface area (Å²) in [6.07, 6.45) is -0.0843. The number of ether oxygens (including phenoxy) is 1. The summed E-state index contributed by atoms with van der Waals surface area (Å²) in [4.78, 5) is 25.9. The molecule has 0 bridgehead atoms. The number of hydrogen-bond donors (Lipinski definition) is 0. The molecule has 0 radical (unpaired) electrons. The van der Waals surface area contributed by atoms with Crippen LogP contribution in [0.5, 0.6) is 0 Å². The van der Waals surface area contributed by atoms with Crippen LogP contribution in [0.1, 0.15) is 18.4 Å². The van der Waals surface area contributed by atoms with E-state index in [0.29, 0.717) is 19.5 Å². The lowest BCUT2D eigenvalue weighted by Crippen LogP contribution is -2.28. The van der Waals surface area contributed by atoms with Gasteiger partial charge in [0.25, 0.3) is 0 Å². The SMILES string of the molecule is O=C(O[C@@H]1CCS(=O)(=O)C1)[C@@H]1CC(=O)N(Cc2ccccc2)C1. The first-order valence-corrected chi connectivity index (χ1v) is 9.48. The molecule has 124 valence electrons. The second kappa shape index (κ2) is 6.31. The van der Waals surface area contributed by atoms with E-state index in [-0.39, 0.29) is 23.8 Å². The minimum atomic E-state index is -3.08. The van der Waals surface area contributed by atoms with Crippen LogP contribution >= 0.6 is 0 Å². The van der Waals surface area contributed by atoms with Crippen molar-refractivity contribution in [2.45, 2.75) is 25.5 Å². The molecule has 0 saturated carbocycles. The van der Waals surface area contributed by atoms with Crippen molar-refractivity contribution in [1.29, 1.82) is 0 Å². The molecule has 0 aliphatic carbocycles. The predicted molar refractivity (Wildman–Crippen MR) is 83.1 cm³/mol. The van der Waals surface area contributed by atoms with Crippen LogP contribution in [0.3, 0.4) is 0 Å². The average Bonchev–Trinajstić information content (AvgIpc) is 3.03. The number of nitrogens with zero attached hydrogens (tertiary/aromatic N) is 1. The summed E-state index contributed by atoms with van der Waals surface area (Å²) in [6.45, 7) is 0.799. The third kappa shape index (κ3) is 3.90. The van der Waals surface area contributed by atoms with Gasteiger partial charge in [0.15, 0.2) is 9.84 Å². The molecule has 0 aromatic heterocycles. The second-order valence-corrected chi connectivity index (χ2v) is 8.35. The van der Waals surface area contributed by atoms with Crippen molar-refractivity contribution in [3.8, 4) is 0 Å². The van der Waals surface area contributed by atoms with Crippen molar-refractivity contribution in [3.05, 3.63) is 35.9 Å². The van der Waals surface area contributed by atoms with Gasteiger partial charge in [0.1, 0.15) is 6.10 Å². The fraction of sp³-hybridized carbons (Fsp3) is 0.500. The minimum Gasteiger partial charge on any atom is -0.461 e. The molecule has 2 fully saturated rings. The van der Waals surface area contributed by atoms with E-state index in [2.05, 4.69) is 0 Å². The van der Waals surface area contributed by atoms with Crippen LogP contribution in [0, 0.1) is 5.92 Å². The number of carbonyl (C=O) groups excluding carboxylic acids is 2. The molecule has 2 heterocycles. The van der Waals surface area contributed by atoms with E-state index in [0.717, 1.165) is 5.56 Å². The Bertz CT molecular complexity index is 700. The van der Waals surface area contributed by atoms with Crippen LogP contribution in [0.25, 0.3) is 0 Å². The zero-order chi connectivity index (χ0) is 16.4. The van der Waals surface area contributed by atoms with Gasteiger partial charge in [0, 0.05) is 19.5 Å². The first-order valence-electron chi connectivity index (χ1n) is 7.65. The summed E-state index contributed by atoms with van der Waals surface area (Å²) in [5, 5.41) is 0. The summed E-state index contributed by atoms with van der Waals surface area (Å²) < 4.78 is 28.1. The number of amides is 1. The Labute approximate surface area is 135 Å². The van der Waals surface area contributed by atoms with Gasteiger partial charge in [0.2, 0.25) is 5.91 Å². The fourth-order valence-electron chi connectivity index (χ4n) is 3.00. The fourth-order valence-corrected chi connectivity index (χ4v) is 4.59. The van der Waals surface area contributed by atoms with Crippen molar-refractivity contribution in [1.82, 2.24) is 4.90 Å². The molecule has 3 rings (SSSR count). The van der Waals surface area contributed by atoms with E-state index in [1.807, 2.05) is 30.3 Å². The molecule has 0 N–H and O–H groups in total. The molecule has 2 atom stereocenters. The van der Waals surface area contributed by atoms with Crippen molar-refractivity contribution in [2.24, 2.45) is 5.92 Å². The van der Waals surface area contributed by atoms with Gasteiger partial charge in [-0.25, -0.2) is 8.42 Å². The van der Waals surface area contributed by atoms with E-state index in [1.165, 1.54) is 0 Å². The third-order valence-electron chi connectivity index (χ3n) is 4.24. The smallest absolute Gasteiger partial charge is 0.311 e. The second-order valence-electron chi connectivity index (χ2n) is 6.12. The lowest BCUT2D eigenvalue weighted by molar-refractivity contribution is -0.152. The molecular formula is C16H19NO5S. The third-order valence-corrected chi connectivity index (χ3v) is 5.97. The van der Waals surface area contributed by atoms with E-state index >= 15 is 0 Å². The van der Waals surface area contributed by atoms with Gasteiger partial charge in [-0.3, -0.25) is 9.59 Å². The molecule has 7 heteroatoms. The number of benzene rings is 1. The topological polar surface area (TPSA) is 80.8 Å². The highest BCUT2D eigenvalue weighted by atomic mass is 32.2. The highest BCUT2D eigenvalue weighted by Crippen LogP contribution is 2.23. The minimum absolute atomic E-state index is 0.0642. The molecule has 1 amide bonds. The average molecular weight is 337 g/mol. The largest absolute Gasteiger partial charge is 0.461 e. The molecule has 2 aliphatic rings. The van der Waals surface area contributed by atoms with Crippen LogP contribution in [0.4, 0.5) is 0 Å². The summed E-state index contributed by atoms with van der Waals surface area (Å²) in [7, 11) is -3.08. The first-order chi connectivity index (χ1) is 10.9. The Kier molecular flexibility index (Phi) is 4.39. The molecule has 0 unspecified atom stereocenters. The number of hydrogen-bond acceptors (Lipinski definition) is 5. The molecule has 0 spiro atoms. The lowest BCUT2D eigenvalue weighted by Gasteiger charge is -2.17. The highest BCUT2D eigenvalue weighted by molar-refractivity contribution is 7.91. The van der Waals surface area contributed by atoms with E-state index in [1.54, 1.807) is 4.90 Å². The summed E-state index contributed by atoms with van der Waals surface area (Å²) >= 11 is 0. The number of sulfone groups is 1. The Morgan fingerprint density at radius 1 is 1.26 bits per heavy atom. The standard InChI is InChI=1S/C16H19NO5S/c18-15-8-13(10-17(15)9-12-4-2-1-3-5-12)16(19)22-14-6-7-23(20,21)11-14/h1-5,13-14H,6-11H2/t13-,14-/m1/s1. The molecule has 2 aliphatic heterocycles. The van der Waals surface area contributed by atoms with Gasteiger partial charge in [-0.2, -0.15) is 0 Å². The maximum atomic E-state index is 12.2. The number of carbonyl (C=O) groups is 2. The van der Waals surface area contributed by atoms with Gasteiger partial charge in [-0.15, -0.1) is 0 Å². The van der Waals surface area contributed by atoms with E-state index in [9.17, 15) is 18.0 Å². The predicted octanol–water partition coefficient (Wildman–Crippen LogP) is 0.765. The van der Waals surface area contributed by atoms with Crippen molar-refractivity contribution in [3.63, 3.8) is 0 Å². The van der Waals surface area contributed by atoms with Crippen LogP contribution in [0.2, 0.25) is 0 Å². The zero-order valence-corrected chi connectivity index (χ0v) is 13.5. The quantitative estimate of drug-likeness (QED) is 0.758. The molecule has 6 nitrogen and oxygen atoms in total. The summed E-state index contributed by atoms with van der Waals surface area (Å²) in [6, 6.07) is 9.58. The maximum Gasteiger partial charge on any atom is 0.311 e. The monoisotopic (exact) mass is 337 g/mol. The Morgan fingerprint density at radius 3 is 2.65 bits per heavy atom. The molecular weight excluding hydrogens is 318 g/mol. The zero-order valence-electron chi connectivity index (χ0n) is 12.7. The maximum absolute atomic E-state index is 12.2. The van der Waals surface area contributed by atoms with Crippen molar-refractivity contribution < 1.29 is 22.7 Å². The number of esters is 1. The van der Waals surface area contributed by atoms with Crippen LogP contribution in [0.15, 0.2) is 30.3 Å². The summed E-state index contributed by atoms with van der Waals surface area (Å²) in [5.41, 5.74) is 1.01. The van der Waals surface area contributed by atoms with E-state index in [4.69, 9.17) is 4.74 Å². The van der Waals surface area contributed by atoms with Gasteiger partial charge in [-0.05, 0) is 12.0 Å². The first kappa shape index (κ1) is 16.0. The number of rotatable bonds is 4. The van der Waals surface area contributed by atoms with E-state index < -0.39 is 27.8 Å². The van der Waals surface area contributed by atoms with Crippen LogP contribution < -0.4 is 0 Å². The lowest BCUT2D eigenvalue weighted by atomic mass is 10.1. The van der Waals surface area contributed by atoms with Crippen LogP contribution in [-0.4, -0.2) is 49.3 Å². The molecule has 1 aromatic carbocycles.